The first-order chi connectivity index (χ1) is 23.3. The highest BCUT2D eigenvalue weighted by Gasteiger charge is 2.71. The van der Waals surface area contributed by atoms with Gasteiger partial charge in [0.2, 0.25) is 12.1 Å². The van der Waals surface area contributed by atoms with E-state index in [1.54, 1.807) is 13.0 Å². The highest BCUT2D eigenvalue weighted by Crippen LogP contribution is 2.70. The fraction of sp³-hybridized carbons (Fsp3) is 0.886. The lowest BCUT2D eigenvalue weighted by atomic mass is 9.42. The first-order valence-electron chi connectivity index (χ1n) is 18.0. The Bertz CT molecular complexity index is 1360. The minimum Gasteiger partial charge on any atom is -0.458 e. The summed E-state index contributed by atoms with van der Waals surface area (Å²) < 4.78 is 35.9. The predicted molar refractivity (Wildman–Crippen MR) is 164 cm³/mol. The van der Waals surface area contributed by atoms with Crippen molar-refractivity contribution in [2.24, 2.45) is 34.5 Å². The number of aliphatic hydroxyl groups excluding tert-OH is 4. The Kier molecular flexibility index (Phi) is 8.45. The molecule has 0 amide bonds. The number of rotatable bonds is 5. The van der Waals surface area contributed by atoms with Crippen LogP contribution in [0.1, 0.15) is 71.6 Å². The van der Waals surface area contributed by atoms with Gasteiger partial charge in [0.15, 0.2) is 6.29 Å². The molecule has 0 bridgehead atoms. The van der Waals surface area contributed by atoms with Crippen LogP contribution in [0.15, 0.2) is 11.6 Å². The number of ether oxygens (including phenoxy) is 6. The van der Waals surface area contributed by atoms with E-state index >= 15 is 0 Å². The summed E-state index contributed by atoms with van der Waals surface area (Å²) in [5.74, 6) is -2.74. The molecular weight excluding hydrogens is 644 g/mol. The van der Waals surface area contributed by atoms with Crippen molar-refractivity contribution in [2.75, 3.05) is 13.2 Å². The number of carbonyl (C=O) groups excluding carboxylic acids is 2. The van der Waals surface area contributed by atoms with Gasteiger partial charge in [0.25, 0.3) is 0 Å². The van der Waals surface area contributed by atoms with Crippen molar-refractivity contribution in [2.45, 2.75) is 144 Å². The maximum absolute atomic E-state index is 13.5. The molecule has 0 aromatic rings. The summed E-state index contributed by atoms with van der Waals surface area (Å²) in [6.07, 6.45) is -3.89. The number of hydrogen-bond acceptors (Lipinski definition) is 14. The van der Waals surface area contributed by atoms with Crippen LogP contribution < -0.4 is 0 Å². The quantitative estimate of drug-likeness (QED) is 0.125. The zero-order valence-electron chi connectivity index (χ0n) is 28.0. The number of carbonyl (C=O) groups is 2. The van der Waals surface area contributed by atoms with Crippen LogP contribution >= 0.6 is 0 Å². The molecule has 0 unspecified atom stereocenters. The lowest BCUT2D eigenvalue weighted by molar-refractivity contribution is -0.471. The van der Waals surface area contributed by atoms with Crippen molar-refractivity contribution >= 4 is 12.3 Å². The summed E-state index contributed by atoms with van der Waals surface area (Å²) in [5.41, 5.74) is -1.36. The molecule has 14 nitrogen and oxygen atoms in total. The Morgan fingerprint density at radius 3 is 2.47 bits per heavy atom. The van der Waals surface area contributed by atoms with E-state index in [1.165, 1.54) is 0 Å². The molecular formula is C35H50O14. The summed E-state index contributed by atoms with van der Waals surface area (Å²) >= 11 is 0. The zero-order chi connectivity index (χ0) is 34.7. The molecule has 4 aliphatic heterocycles. The van der Waals surface area contributed by atoms with Gasteiger partial charge in [-0.1, -0.05) is 6.92 Å². The highest BCUT2D eigenvalue weighted by molar-refractivity contribution is 5.85. The van der Waals surface area contributed by atoms with Gasteiger partial charge >= 0.3 is 5.97 Å². The molecule has 8 aliphatic rings. The summed E-state index contributed by atoms with van der Waals surface area (Å²) in [4.78, 5) is 25.4. The number of aliphatic hydroxyl groups is 6. The van der Waals surface area contributed by atoms with Crippen molar-refractivity contribution in [1.82, 2.24) is 0 Å². The number of esters is 1. The van der Waals surface area contributed by atoms with E-state index in [9.17, 15) is 40.2 Å². The lowest BCUT2D eigenvalue weighted by Gasteiger charge is -2.65. The third-order valence-corrected chi connectivity index (χ3v) is 14.2. The molecule has 14 heteroatoms. The topological polar surface area (TPSA) is 211 Å². The molecule has 4 aliphatic carbocycles. The van der Waals surface area contributed by atoms with Crippen LogP contribution in [0.4, 0.5) is 0 Å². The Morgan fingerprint density at radius 1 is 0.959 bits per heavy atom. The summed E-state index contributed by atoms with van der Waals surface area (Å²) in [6.45, 7) is 3.54. The Morgan fingerprint density at radius 2 is 1.76 bits per heavy atom. The molecule has 0 radical (unpaired) electrons. The monoisotopic (exact) mass is 694 g/mol. The molecule has 49 heavy (non-hydrogen) atoms. The summed E-state index contributed by atoms with van der Waals surface area (Å²) in [5, 5.41) is 65.7. The van der Waals surface area contributed by atoms with Crippen molar-refractivity contribution < 1.29 is 68.6 Å². The van der Waals surface area contributed by atoms with Gasteiger partial charge in [0.1, 0.15) is 43.4 Å². The first kappa shape index (κ1) is 34.5. The van der Waals surface area contributed by atoms with Crippen LogP contribution in [0, 0.1) is 34.5 Å². The number of fused-ring (bicyclic) bond motifs is 7. The fourth-order valence-corrected chi connectivity index (χ4v) is 11.7. The maximum Gasteiger partial charge on any atom is 0.331 e. The third-order valence-electron chi connectivity index (χ3n) is 14.2. The van der Waals surface area contributed by atoms with E-state index < -0.39 is 90.2 Å². The van der Waals surface area contributed by atoms with E-state index in [0.29, 0.717) is 19.3 Å². The van der Waals surface area contributed by atoms with E-state index in [0.717, 1.165) is 37.5 Å². The summed E-state index contributed by atoms with van der Waals surface area (Å²) in [6, 6.07) is 0. The molecule has 0 aromatic carbocycles. The predicted octanol–water partition coefficient (Wildman–Crippen LogP) is -0.175. The highest BCUT2D eigenvalue weighted by atomic mass is 16.8. The van der Waals surface area contributed by atoms with Gasteiger partial charge in [-0.3, -0.25) is 0 Å². The van der Waals surface area contributed by atoms with E-state index in [-0.39, 0.29) is 49.1 Å². The Labute approximate surface area is 284 Å². The zero-order valence-corrected chi connectivity index (χ0v) is 28.0. The van der Waals surface area contributed by atoms with E-state index in [2.05, 4.69) is 6.92 Å². The molecule has 0 spiro atoms. The number of hydrogen-bond donors (Lipinski definition) is 6. The third kappa shape index (κ3) is 4.93. The molecule has 6 N–H and O–H groups in total. The van der Waals surface area contributed by atoms with Gasteiger partial charge in [-0.2, -0.15) is 0 Å². The molecule has 0 aromatic heterocycles. The molecule has 18 atom stereocenters. The average molecular weight is 695 g/mol. The first-order valence-corrected chi connectivity index (χ1v) is 18.0. The van der Waals surface area contributed by atoms with Crippen molar-refractivity contribution in [3.05, 3.63) is 11.6 Å². The smallest absolute Gasteiger partial charge is 0.331 e. The average Bonchev–Trinajstić information content (AvgIpc) is 3.62. The van der Waals surface area contributed by atoms with Gasteiger partial charge < -0.3 is 63.9 Å². The summed E-state index contributed by atoms with van der Waals surface area (Å²) in [7, 11) is 0. The number of aldehydes is 1. The second-order valence-corrected chi connectivity index (χ2v) is 16.4. The number of cyclic esters (lactones) is 1. The van der Waals surface area contributed by atoms with Gasteiger partial charge in [-0.15, -0.1) is 0 Å². The fourth-order valence-electron chi connectivity index (χ4n) is 11.7. The van der Waals surface area contributed by atoms with Gasteiger partial charge in [-0.25, -0.2) is 4.79 Å². The van der Waals surface area contributed by atoms with E-state index in [4.69, 9.17) is 28.4 Å². The van der Waals surface area contributed by atoms with Gasteiger partial charge in [-0.05, 0) is 87.5 Å². The van der Waals surface area contributed by atoms with Crippen LogP contribution in [0.5, 0.6) is 0 Å². The molecule has 4 heterocycles. The van der Waals surface area contributed by atoms with Gasteiger partial charge in [0, 0.05) is 23.3 Å². The molecule has 8 rings (SSSR count). The van der Waals surface area contributed by atoms with Crippen LogP contribution in [0.25, 0.3) is 0 Å². The van der Waals surface area contributed by atoms with Crippen LogP contribution in [0.2, 0.25) is 0 Å². The Hall–Kier alpha value is -1.56. The van der Waals surface area contributed by atoms with Crippen molar-refractivity contribution in [3.8, 4) is 0 Å². The second kappa shape index (κ2) is 12.0. The van der Waals surface area contributed by atoms with Crippen LogP contribution in [-0.2, 0) is 38.0 Å². The standard InChI is InChI=1S/C35H50O14/c1-16-9-25(48-30-29(41)28(40)27(39)24(13-36)46-30)35(43)31(45-16)47-22-11-18-3-4-21-20(33(18,15-37)12-23(22)49-35)5-7-32(2)19(6-8-34(21,32)42)17-10-26(38)44-14-17/h10,15-16,18-25,27-31,36,39-43H,3-9,11-14H2,1-2H3/t16-,18+,19-,20-,21-,22-,23-,24-,25-,27-,28+,29-,30+,31+,32-,33-,34+,35+/m1/s1. The van der Waals surface area contributed by atoms with E-state index in [1.807, 2.05) is 0 Å². The van der Waals surface area contributed by atoms with Crippen molar-refractivity contribution in [1.29, 1.82) is 0 Å². The SMILES string of the molecule is C[C@@H]1C[C@@H](O[C@@H]2O[C@H](CO)[C@@H](O)[C@H](O)[C@H]2O)[C@]2(O)O[C@@H]3C[C@@]4(C=O)[C@@H](CC[C@@H]5[C@H]4CC[C@]4(C)[C@@H](C6=CC(=O)OC6)CC[C@]54O)C[C@H]3O[C@@H]2O1. The van der Waals surface area contributed by atoms with Gasteiger partial charge in [0.05, 0.1) is 30.5 Å². The largest absolute Gasteiger partial charge is 0.458 e. The molecule has 274 valence electrons. The maximum atomic E-state index is 13.5. The normalized spacial score (nSPS) is 56.7. The lowest BCUT2D eigenvalue weighted by Crippen LogP contribution is -2.72. The minimum absolute atomic E-state index is 0.0156. The van der Waals surface area contributed by atoms with Crippen LogP contribution in [0.3, 0.4) is 0 Å². The Balaban J connectivity index is 1.05. The minimum atomic E-state index is -2.17. The van der Waals surface area contributed by atoms with Crippen molar-refractivity contribution in [3.63, 3.8) is 0 Å². The molecule has 7 fully saturated rings. The molecule has 3 saturated heterocycles. The molecule has 4 saturated carbocycles. The second-order valence-electron chi connectivity index (χ2n) is 16.4. The van der Waals surface area contributed by atoms with Crippen LogP contribution in [-0.4, -0.2) is 129 Å².